The van der Waals surface area contributed by atoms with E-state index in [9.17, 15) is 0 Å². The third kappa shape index (κ3) is 3.86. The van der Waals surface area contributed by atoms with E-state index in [-0.39, 0.29) is 11.6 Å². The van der Waals surface area contributed by atoms with Gasteiger partial charge in [-0.3, -0.25) is 0 Å². The number of hydrogen-bond acceptors (Lipinski definition) is 5. The summed E-state index contributed by atoms with van der Waals surface area (Å²) in [5.41, 5.74) is 0.997. The second kappa shape index (κ2) is 5.70. The number of rotatable bonds is 5. The minimum Gasteiger partial charge on any atom is -0.306 e. The smallest absolute Gasteiger partial charge is 0.148 e. The molecule has 7 heteroatoms. The predicted molar refractivity (Wildman–Crippen MR) is 76.1 cm³/mol. The van der Waals surface area contributed by atoms with Gasteiger partial charge >= 0.3 is 0 Å². The molecule has 2 heterocycles. The van der Waals surface area contributed by atoms with E-state index in [4.69, 9.17) is 0 Å². The molecule has 110 valence electrons. The molecule has 0 saturated carbocycles. The number of nitrogens with zero attached hydrogens (tertiary/aromatic N) is 6. The number of nitrogens with one attached hydrogen (secondary N) is 1. The Labute approximate surface area is 119 Å². The molecule has 0 aliphatic rings. The summed E-state index contributed by atoms with van der Waals surface area (Å²) in [5.74, 6) is 0.889. The van der Waals surface area contributed by atoms with Gasteiger partial charge in [0, 0.05) is 18.1 Å². The first-order valence-corrected chi connectivity index (χ1v) is 6.87. The molecular weight excluding hydrogens is 254 g/mol. The van der Waals surface area contributed by atoms with Crippen LogP contribution in [0.1, 0.15) is 52.2 Å². The lowest BCUT2D eigenvalue weighted by Gasteiger charge is -2.19. The van der Waals surface area contributed by atoms with Gasteiger partial charge in [-0.2, -0.15) is 5.10 Å². The van der Waals surface area contributed by atoms with Crippen molar-refractivity contribution in [2.75, 3.05) is 0 Å². The average molecular weight is 277 g/mol. The van der Waals surface area contributed by atoms with Crippen LogP contribution in [-0.2, 0) is 13.1 Å². The Bertz CT molecular complexity index is 547. The van der Waals surface area contributed by atoms with Crippen molar-refractivity contribution in [3.63, 3.8) is 0 Å². The van der Waals surface area contributed by atoms with Gasteiger partial charge in [-0.15, -0.1) is 5.10 Å². The highest BCUT2D eigenvalue weighted by molar-refractivity contribution is 4.95. The molecule has 0 aliphatic heterocycles. The molecule has 0 bridgehead atoms. The Morgan fingerprint density at radius 2 is 2.05 bits per heavy atom. The van der Waals surface area contributed by atoms with Crippen molar-refractivity contribution in [3.8, 4) is 0 Å². The zero-order valence-electron chi connectivity index (χ0n) is 12.8. The maximum absolute atomic E-state index is 4.27. The van der Waals surface area contributed by atoms with E-state index in [0.717, 1.165) is 11.5 Å². The lowest BCUT2D eigenvalue weighted by molar-refractivity contribution is 0.421. The first kappa shape index (κ1) is 14.6. The van der Waals surface area contributed by atoms with Crippen LogP contribution >= 0.6 is 0 Å². The molecular formula is C13H23N7. The van der Waals surface area contributed by atoms with E-state index in [1.165, 1.54) is 0 Å². The van der Waals surface area contributed by atoms with Gasteiger partial charge in [-0.1, -0.05) is 5.21 Å². The van der Waals surface area contributed by atoms with Gasteiger partial charge in [-0.05, 0) is 34.6 Å². The SMILES string of the molecule is CC(C)n1ncnc1Cn1cc(CNC(C)(C)C)nn1. The van der Waals surface area contributed by atoms with Crippen LogP contribution in [0.3, 0.4) is 0 Å². The molecule has 7 nitrogen and oxygen atoms in total. The molecule has 0 unspecified atom stereocenters. The molecule has 0 atom stereocenters. The maximum Gasteiger partial charge on any atom is 0.148 e. The van der Waals surface area contributed by atoms with E-state index < -0.39 is 0 Å². The van der Waals surface area contributed by atoms with Crippen molar-refractivity contribution < 1.29 is 0 Å². The van der Waals surface area contributed by atoms with Crippen molar-refractivity contribution in [1.29, 1.82) is 0 Å². The summed E-state index contributed by atoms with van der Waals surface area (Å²) in [4.78, 5) is 4.27. The molecule has 0 radical (unpaired) electrons. The second-order valence-electron chi connectivity index (χ2n) is 6.23. The first-order chi connectivity index (χ1) is 9.35. The fourth-order valence-corrected chi connectivity index (χ4v) is 1.82. The number of aromatic nitrogens is 6. The largest absolute Gasteiger partial charge is 0.306 e. The summed E-state index contributed by atoms with van der Waals surface area (Å²) in [6, 6.07) is 0.290. The van der Waals surface area contributed by atoms with Crippen LogP contribution in [0, 0.1) is 0 Å². The van der Waals surface area contributed by atoms with Crippen LogP contribution < -0.4 is 5.32 Å². The van der Waals surface area contributed by atoms with Crippen LogP contribution in [0.4, 0.5) is 0 Å². The Balaban J connectivity index is 2.01. The lowest BCUT2D eigenvalue weighted by atomic mass is 10.1. The van der Waals surface area contributed by atoms with E-state index in [1.807, 2.05) is 10.9 Å². The van der Waals surface area contributed by atoms with E-state index in [2.05, 4.69) is 60.3 Å². The van der Waals surface area contributed by atoms with Crippen LogP contribution in [0.15, 0.2) is 12.5 Å². The number of hydrogen-bond donors (Lipinski definition) is 1. The normalized spacial score (nSPS) is 12.3. The van der Waals surface area contributed by atoms with Gasteiger partial charge in [-0.25, -0.2) is 14.3 Å². The standard InChI is InChI=1S/C13H23N7/c1-10(2)20-12(14-9-16-20)8-19-7-11(17-18-19)6-15-13(3,4)5/h7,9-10,15H,6,8H2,1-5H3. The van der Waals surface area contributed by atoms with Gasteiger partial charge in [0.05, 0.1) is 11.9 Å². The molecule has 0 spiro atoms. The third-order valence-corrected chi connectivity index (χ3v) is 2.83. The lowest BCUT2D eigenvalue weighted by Crippen LogP contribution is -2.35. The quantitative estimate of drug-likeness (QED) is 0.894. The highest BCUT2D eigenvalue weighted by Crippen LogP contribution is 2.07. The predicted octanol–water partition coefficient (Wildman–Crippen LogP) is 1.39. The summed E-state index contributed by atoms with van der Waals surface area (Å²) < 4.78 is 3.69. The van der Waals surface area contributed by atoms with Crippen molar-refractivity contribution >= 4 is 0 Å². The highest BCUT2D eigenvalue weighted by Gasteiger charge is 2.12. The summed E-state index contributed by atoms with van der Waals surface area (Å²) >= 11 is 0. The van der Waals surface area contributed by atoms with Crippen LogP contribution in [0.2, 0.25) is 0 Å². The van der Waals surface area contributed by atoms with Gasteiger partial charge < -0.3 is 5.32 Å². The zero-order chi connectivity index (χ0) is 14.8. The minimum absolute atomic E-state index is 0.0710. The first-order valence-electron chi connectivity index (χ1n) is 6.87. The van der Waals surface area contributed by atoms with Gasteiger partial charge in [0.25, 0.3) is 0 Å². The van der Waals surface area contributed by atoms with Crippen molar-refractivity contribution in [2.24, 2.45) is 0 Å². The molecule has 0 fully saturated rings. The topological polar surface area (TPSA) is 73.5 Å². The maximum atomic E-state index is 4.27. The average Bonchev–Trinajstić information content (AvgIpc) is 2.95. The summed E-state index contributed by atoms with van der Waals surface area (Å²) in [6.07, 6.45) is 3.52. The van der Waals surface area contributed by atoms with Crippen molar-refractivity contribution in [2.45, 2.75) is 59.3 Å². The Kier molecular flexibility index (Phi) is 4.17. The third-order valence-electron chi connectivity index (χ3n) is 2.83. The molecule has 20 heavy (non-hydrogen) atoms. The molecule has 2 rings (SSSR count). The molecule has 1 N–H and O–H groups in total. The van der Waals surface area contributed by atoms with Gasteiger partial charge in [0.15, 0.2) is 0 Å². The zero-order valence-corrected chi connectivity index (χ0v) is 12.8. The summed E-state index contributed by atoms with van der Waals surface area (Å²) in [6.45, 7) is 11.8. The van der Waals surface area contributed by atoms with Crippen LogP contribution in [0.25, 0.3) is 0 Å². The molecule has 0 aliphatic carbocycles. The summed E-state index contributed by atoms with van der Waals surface area (Å²) in [5, 5.41) is 15.9. The Hall–Kier alpha value is -1.76. The van der Waals surface area contributed by atoms with Gasteiger partial charge in [0.1, 0.15) is 18.7 Å². The van der Waals surface area contributed by atoms with Crippen LogP contribution in [-0.4, -0.2) is 35.3 Å². The second-order valence-corrected chi connectivity index (χ2v) is 6.23. The minimum atomic E-state index is 0.0710. The fourth-order valence-electron chi connectivity index (χ4n) is 1.82. The summed E-state index contributed by atoms with van der Waals surface area (Å²) in [7, 11) is 0. The van der Waals surface area contributed by atoms with Crippen LogP contribution in [0.5, 0.6) is 0 Å². The van der Waals surface area contributed by atoms with Crippen molar-refractivity contribution in [1.82, 2.24) is 35.1 Å². The van der Waals surface area contributed by atoms with Gasteiger partial charge in [0.2, 0.25) is 0 Å². The molecule has 0 amide bonds. The Morgan fingerprint density at radius 1 is 1.30 bits per heavy atom. The van der Waals surface area contributed by atoms with Crippen molar-refractivity contribution in [3.05, 3.63) is 24.0 Å². The fraction of sp³-hybridized carbons (Fsp3) is 0.692. The van der Waals surface area contributed by atoms with E-state index in [1.54, 1.807) is 11.0 Å². The highest BCUT2D eigenvalue weighted by atomic mass is 15.4. The monoisotopic (exact) mass is 277 g/mol. The molecule has 0 aromatic carbocycles. The Morgan fingerprint density at radius 3 is 2.70 bits per heavy atom. The molecule has 2 aromatic rings. The molecule has 2 aromatic heterocycles. The van der Waals surface area contributed by atoms with E-state index in [0.29, 0.717) is 13.1 Å². The van der Waals surface area contributed by atoms with E-state index >= 15 is 0 Å². The molecule has 0 saturated heterocycles.